The number of halogens is 1. The van der Waals surface area contributed by atoms with E-state index in [0.717, 1.165) is 128 Å². The Labute approximate surface area is 538 Å². The summed E-state index contributed by atoms with van der Waals surface area (Å²) in [7, 11) is 0. The first-order valence-electron chi connectivity index (χ1n) is 31.2. The van der Waals surface area contributed by atoms with Crippen LogP contribution in [-0.2, 0) is 6.42 Å². The molecule has 5 heterocycles. The van der Waals surface area contributed by atoms with Crippen LogP contribution in [0.3, 0.4) is 0 Å². The fourth-order valence-corrected chi connectivity index (χ4v) is 14.1. The van der Waals surface area contributed by atoms with Crippen LogP contribution in [0.1, 0.15) is 11.1 Å². The molecule has 8 heteroatoms. The number of fused-ring (bicyclic) bond motifs is 16. The Hall–Kier alpha value is -12.0. The summed E-state index contributed by atoms with van der Waals surface area (Å²) >= 11 is 6.22. The van der Waals surface area contributed by atoms with E-state index in [1.807, 2.05) is 72.8 Å². The van der Waals surface area contributed by atoms with Gasteiger partial charge in [0.25, 0.3) is 0 Å². The highest BCUT2D eigenvalue weighted by molar-refractivity contribution is 6.29. The molecule has 0 saturated carbocycles. The maximum Gasteiger partial charge on any atom is 0.235 e. The molecule has 0 saturated heterocycles. The number of nitrogens with zero attached hydrogens (tertiary/aromatic N) is 5. The van der Waals surface area contributed by atoms with Crippen LogP contribution in [-0.4, -0.2) is 24.5 Å². The van der Waals surface area contributed by atoms with Crippen molar-refractivity contribution >= 4 is 121 Å². The summed E-state index contributed by atoms with van der Waals surface area (Å²) in [5.74, 6) is 0.653. The average molecular weight is 1210 g/mol. The van der Waals surface area contributed by atoms with E-state index < -0.39 is 0 Å². The lowest BCUT2D eigenvalue weighted by Crippen LogP contribution is -2.03. The minimum Gasteiger partial charge on any atom is -0.455 e. The monoisotopic (exact) mass is 1210 g/mol. The third-order valence-corrected chi connectivity index (χ3v) is 18.4. The zero-order valence-electron chi connectivity index (χ0n) is 50.0. The Morgan fingerprint density at radius 2 is 0.774 bits per heavy atom. The second-order valence-electron chi connectivity index (χ2n) is 23.7. The Kier molecular flexibility index (Phi) is 12.9. The van der Waals surface area contributed by atoms with Gasteiger partial charge in [-0.05, 0) is 134 Å². The summed E-state index contributed by atoms with van der Waals surface area (Å²) in [6.07, 6.45) is 1.08. The smallest absolute Gasteiger partial charge is 0.235 e. The maximum absolute atomic E-state index is 6.41. The molecule has 93 heavy (non-hydrogen) atoms. The predicted octanol–water partition coefficient (Wildman–Crippen LogP) is 23.0. The number of para-hydroxylation sites is 5. The fourth-order valence-electron chi connectivity index (χ4n) is 13.9. The van der Waals surface area contributed by atoms with E-state index >= 15 is 0 Å². The van der Waals surface area contributed by atoms with Crippen molar-refractivity contribution in [3.8, 4) is 61.8 Å². The standard InChI is InChI=1S/C42H25N3O.C26H15ClN2O.C17H12/c1-2-11-26(12-3-1)40-35-24-29(30-17-10-18-33-32-16-7-9-20-39(32)46-41(30)33)21-22-36(35)43-42(44-40)45-37-19-8-6-15-31(37)34-23-27-13-4-5-14-28(27)25-38(34)45;27-26-28-22-14-13-17(15-21(22)24(29-26)16-7-2-1-3-8-16)18-10-6-11-20-19-9-4-5-12-23(19)30-25(18)20;1-2-6-13-11-17-15(9-12(13)5-1)10-14-7-3-4-8-16(14)17/h1-25H;1-15H;1-9,11H,10H2. The van der Waals surface area contributed by atoms with Crippen LogP contribution in [0.4, 0.5) is 0 Å². The lowest BCUT2D eigenvalue weighted by atomic mass is 9.98. The molecule has 19 aromatic rings. The molecule has 7 nitrogen and oxygen atoms in total. The molecule has 0 fully saturated rings. The van der Waals surface area contributed by atoms with Gasteiger partial charge in [-0.2, -0.15) is 0 Å². The molecule has 0 aliphatic heterocycles. The molecule has 20 rings (SSSR count). The predicted molar refractivity (Wildman–Crippen MR) is 384 cm³/mol. The Bertz CT molecular complexity index is 6190. The van der Waals surface area contributed by atoms with E-state index in [9.17, 15) is 0 Å². The van der Waals surface area contributed by atoms with Gasteiger partial charge in [0.05, 0.1) is 33.5 Å². The topological polar surface area (TPSA) is 82.8 Å². The van der Waals surface area contributed by atoms with Gasteiger partial charge in [0.2, 0.25) is 11.2 Å². The van der Waals surface area contributed by atoms with Gasteiger partial charge in [-0.1, -0.05) is 243 Å². The zero-order valence-corrected chi connectivity index (χ0v) is 50.8. The normalized spacial score (nSPS) is 11.9. The zero-order chi connectivity index (χ0) is 61.5. The molecule has 0 atom stereocenters. The van der Waals surface area contributed by atoms with Crippen molar-refractivity contribution in [3.05, 3.63) is 320 Å². The highest BCUT2D eigenvalue weighted by Gasteiger charge is 2.22. The quantitative estimate of drug-likeness (QED) is 0.160. The van der Waals surface area contributed by atoms with Gasteiger partial charge in [-0.15, -0.1) is 0 Å². The van der Waals surface area contributed by atoms with Crippen molar-refractivity contribution in [1.29, 1.82) is 0 Å². The van der Waals surface area contributed by atoms with Crippen molar-refractivity contribution in [2.45, 2.75) is 6.42 Å². The van der Waals surface area contributed by atoms with Crippen molar-refractivity contribution in [2.24, 2.45) is 0 Å². The van der Waals surface area contributed by atoms with Crippen LogP contribution in [0.25, 0.3) is 171 Å². The largest absolute Gasteiger partial charge is 0.455 e. The Morgan fingerprint density at radius 3 is 1.41 bits per heavy atom. The summed E-state index contributed by atoms with van der Waals surface area (Å²) in [6, 6.07) is 106. The van der Waals surface area contributed by atoms with Crippen LogP contribution in [0, 0.1) is 0 Å². The SMILES string of the molecule is Clc1nc(-c2ccccc2)c2cc(-c3cccc4c3oc3ccccc34)ccc2n1.c1ccc(-c2nc(-n3c4ccccc4c4cc5ccccc5cc43)nc3ccc(-c4cccc5c4oc4ccccc45)cc23)cc1.c1ccc2c(c1)Cc1cc3ccccc3cc1-2. The lowest BCUT2D eigenvalue weighted by Gasteiger charge is -2.13. The highest BCUT2D eigenvalue weighted by atomic mass is 35.5. The number of benzene rings is 14. The van der Waals surface area contributed by atoms with Gasteiger partial charge in [-0.25, -0.2) is 19.9 Å². The number of aromatic nitrogens is 5. The lowest BCUT2D eigenvalue weighted by molar-refractivity contribution is 0.669. The summed E-state index contributed by atoms with van der Waals surface area (Å²) in [5.41, 5.74) is 21.1. The van der Waals surface area contributed by atoms with Crippen LogP contribution in [0.2, 0.25) is 5.28 Å². The molecule has 1 aliphatic carbocycles. The second-order valence-corrected chi connectivity index (χ2v) is 24.1. The van der Waals surface area contributed by atoms with E-state index in [4.69, 9.17) is 30.4 Å². The average Bonchev–Trinajstić information content (AvgIpc) is 1.63. The van der Waals surface area contributed by atoms with Crippen molar-refractivity contribution in [1.82, 2.24) is 24.5 Å². The molecule has 5 aromatic heterocycles. The minimum absolute atomic E-state index is 0.244. The van der Waals surface area contributed by atoms with E-state index in [0.29, 0.717) is 5.95 Å². The molecular formula is C85H52ClN5O2. The van der Waals surface area contributed by atoms with E-state index in [-0.39, 0.29) is 5.28 Å². The molecule has 436 valence electrons. The van der Waals surface area contributed by atoms with Crippen LogP contribution in [0.5, 0.6) is 0 Å². The first-order valence-corrected chi connectivity index (χ1v) is 31.6. The van der Waals surface area contributed by atoms with Crippen molar-refractivity contribution in [2.75, 3.05) is 0 Å². The first kappa shape index (κ1) is 54.0. The van der Waals surface area contributed by atoms with Crippen LogP contribution in [0.15, 0.2) is 312 Å². The third kappa shape index (κ3) is 9.35. The van der Waals surface area contributed by atoms with Crippen molar-refractivity contribution in [3.63, 3.8) is 0 Å². The number of hydrogen-bond donors (Lipinski definition) is 0. The van der Waals surface area contributed by atoms with Gasteiger partial charge in [0.15, 0.2) is 0 Å². The summed E-state index contributed by atoms with van der Waals surface area (Å²) < 4.78 is 14.9. The molecule has 0 radical (unpaired) electrons. The van der Waals surface area contributed by atoms with Gasteiger partial charge < -0.3 is 8.83 Å². The number of rotatable bonds is 5. The molecule has 1 aliphatic rings. The number of hydrogen-bond acceptors (Lipinski definition) is 6. The maximum atomic E-state index is 6.41. The Morgan fingerprint density at radius 1 is 0.290 bits per heavy atom. The molecule has 0 bridgehead atoms. The molecule has 14 aromatic carbocycles. The minimum atomic E-state index is 0.244. The van der Waals surface area contributed by atoms with Gasteiger partial charge in [0.1, 0.15) is 22.3 Å². The van der Waals surface area contributed by atoms with E-state index in [1.54, 1.807) is 0 Å². The number of furan rings is 2. The Balaban J connectivity index is 0.000000115. The van der Waals surface area contributed by atoms with Gasteiger partial charge in [0, 0.05) is 65.3 Å². The highest BCUT2D eigenvalue weighted by Crippen LogP contribution is 2.43. The molecular weight excluding hydrogens is 1160 g/mol. The van der Waals surface area contributed by atoms with E-state index in [1.165, 1.54) is 54.6 Å². The molecule has 0 unspecified atom stereocenters. The van der Waals surface area contributed by atoms with E-state index in [2.05, 4.69) is 245 Å². The summed E-state index contributed by atoms with van der Waals surface area (Å²) in [5, 5.41) is 14.1. The van der Waals surface area contributed by atoms with Gasteiger partial charge >= 0.3 is 0 Å². The van der Waals surface area contributed by atoms with Gasteiger partial charge in [-0.3, -0.25) is 4.57 Å². The van der Waals surface area contributed by atoms with Crippen LogP contribution >= 0.6 is 11.6 Å². The van der Waals surface area contributed by atoms with Crippen LogP contribution < -0.4 is 0 Å². The molecule has 0 spiro atoms. The third-order valence-electron chi connectivity index (χ3n) is 18.3. The molecule has 0 N–H and O–H groups in total. The fraction of sp³-hybridized carbons (Fsp3) is 0.0118. The molecule has 0 amide bonds. The summed E-state index contributed by atoms with van der Waals surface area (Å²) in [6.45, 7) is 0. The second kappa shape index (κ2) is 22.2. The first-order chi connectivity index (χ1) is 46.0. The summed E-state index contributed by atoms with van der Waals surface area (Å²) in [4.78, 5) is 19.6. The van der Waals surface area contributed by atoms with Crippen molar-refractivity contribution < 1.29 is 8.83 Å².